The first-order valence-corrected chi connectivity index (χ1v) is 14.8. The number of hydrogen-bond acceptors (Lipinski definition) is 3. The molecule has 2 aromatic rings. The van der Waals surface area contributed by atoms with Gasteiger partial charge < -0.3 is 20.4 Å². The Morgan fingerprint density at radius 3 is 2.28 bits per heavy atom. The molecule has 6 heteroatoms. The number of nitrogens with one attached hydrogen (secondary N) is 2. The summed E-state index contributed by atoms with van der Waals surface area (Å²) < 4.78 is 0. The first-order chi connectivity index (χ1) is 18.5. The van der Waals surface area contributed by atoms with Gasteiger partial charge in [-0.3, -0.25) is 4.79 Å². The zero-order chi connectivity index (χ0) is 28.6. The molecule has 214 valence electrons. The van der Waals surface area contributed by atoms with Crippen LogP contribution in [0.2, 0.25) is 0 Å². The third kappa shape index (κ3) is 9.38. The molecule has 2 N–H and O–H groups in total. The number of rotatable bonds is 10. The lowest BCUT2D eigenvalue weighted by molar-refractivity contribution is 0.102. The Labute approximate surface area is 236 Å². The number of carbonyl (C=O) groups is 2. The zero-order valence-corrected chi connectivity index (χ0v) is 25.2. The average molecular weight is 535 g/mol. The van der Waals surface area contributed by atoms with Crippen LogP contribution < -0.4 is 10.6 Å². The molecule has 1 unspecified atom stereocenters. The van der Waals surface area contributed by atoms with E-state index in [0.29, 0.717) is 17.5 Å². The zero-order valence-electron chi connectivity index (χ0n) is 25.2. The molecule has 3 rings (SSSR count). The average Bonchev–Trinajstić information content (AvgIpc) is 2.88. The van der Waals surface area contributed by atoms with E-state index in [9.17, 15) is 9.59 Å². The quantitative estimate of drug-likeness (QED) is 0.356. The summed E-state index contributed by atoms with van der Waals surface area (Å²) in [4.78, 5) is 29.8. The number of anilines is 1. The second kappa shape index (κ2) is 14.0. The highest BCUT2D eigenvalue weighted by molar-refractivity contribution is 6.04. The van der Waals surface area contributed by atoms with Gasteiger partial charge in [0.2, 0.25) is 0 Å². The number of urea groups is 1. The van der Waals surface area contributed by atoms with Crippen molar-refractivity contribution in [2.24, 2.45) is 5.92 Å². The van der Waals surface area contributed by atoms with E-state index < -0.39 is 0 Å². The summed E-state index contributed by atoms with van der Waals surface area (Å²) in [5.74, 6) is 0.527. The molecule has 1 heterocycles. The number of amides is 3. The van der Waals surface area contributed by atoms with Gasteiger partial charge in [0.05, 0.1) is 0 Å². The first-order valence-electron chi connectivity index (χ1n) is 14.8. The highest BCUT2D eigenvalue weighted by atomic mass is 16.2. The third-order valence-electron chi connectivity index (χ3n) is 7.67. The van der Waals surface area contributed by atoms with Crippen molar-refractivity contribution < 1.29 is 9.59 Å². The van der Waals surface area contributed by atoms with E-state index in [-0.39, 0.29) is 23.4 Å². The Balaban J connectivity index is 1.56. The molecule has 0 saturated carbocycles. The van der Waals surface area contributed by atoms with Crippen LogP contribution in [0.5, 0.6) is 0 Å². The van der Waals surface area contributed by atoms with E-state index in [0.717, 1.165) is 57.5 Å². The van der Waals surface area contributed by atoms with Gasteiger partial charge in [0.15, 0.2) is 0 Å². The van der Waals surface area contributed by atoms with E-state index in [1.54, 1.807) is 0 Å². The number of carbonyl (C=O) groups excluding carboxylic acids is 2. The monoisotopic (exact) mass is 534 g/mol. The predicted molar refractivity (Wildman–Crippen MR) is 163 cm³/mol. The molecule has 3 amide bonds. The Morgan fingerprint density at radius 2 is 1.69 bits per heavy atom. The van der Waals surface area contributed by atoms with Crippen molar-refractivity contribution in [1.29, 1.82) is 0 Å². The minimum absolute atomic E-state index is 0.0625. The van der Waals surface area contributed by atoms with Crippen LogP contribution in [0.3, 0.4) is 0 Å². The maximum atomic E-state index is 12.9. The predicted octanol–water partition coefficient (Wildman–Crippen LogP) is 6.71. The SMILES string of the molecule is CCCN(CC1CCN(C(=O)NC(C)C)CC1)C(C)Cc1cccc(NC(=O)c2ccc(C(C)(C)C)cc2)c1. The van der Waals surface area contributed by atoms with Gasteiger partial charge in [-0.1, -0.05) is 52.0 Å². The fourth-order valence-corrected chi connectivity index (χ4v) is 5.34. The van der Waals surface area contributed by atoms with E-state index in [1.807, 2.05) is 55.1 Å². The molecule has 6 nitrogen and oxygen atoms in total. The molecule has 39 heavy (non-hydrogen) atoms. The molecule has 0 spiro atoms. The second-order valence-electron chi connectivity index (χ2n) is 12.6. The normalized spacial score (nSPS) is 15.5. The topological polar surface area (TPSA) is 64.7 Å². The van der Waals surface area contributed by atoms with Crippen molar-refractivity contribution in [2.75, 3.05) is 31.5 Å². The molecule has 1 aliphatic rings. The number of likely N-dealkylation sites (tertiary alicyclic amines) is 1. The van der Waals surface area contributed by atoms with Crippen molar-refractivity contribution >= 4 is 17.6 Å². The number of hydrogen-bond donors (Lipinski definition) is 2. The van der Waals surface area contributed by atoms with Crippen LogP contribution in [-0.4, -0.2) is 60.0 Å². The van der Waals surface area contributed by atoms with E-state index in [4.69, 9.17) is 0 Å². The standard InChI is InChI=1S/C33H50N4O2/c1-8-18-37(23-26-16-19-36(20-17-26)32(39)34-24(2)3)25(4)21-27-10-9-11-30(22-27)35-31(38)28-12-14-29(15-13-28)33(5,6)7/h9-15,22,24-26H,8,16-21,23H2,1-7H3,(H,34,39)(H,35,38). The van der Waals surface area contributed by atoms with Crippen molar-refractivity contribution in [1.82, 2.24) is 15.1 Å². The van der Waals surface area contributed by atoms with E-state index >= 15 is 0 Å². The summed E-state index contributed by atoms with van der Waals surface area (Å²) in [5.41, 5.74) is 4.01. The maximum absolute atomic E-state index is 12.9. The smallest absolute Gasteiger partial charge is 0.317 e. The summed E-state index contributed by atoms with van der Waals surface area (Å²) in [6.45, 7) is 18.9. The van der Waals surface area contributed by atoms with Gasteiger partial charge in [-0.25, -0.2) is 4.79 Å². The fourth-order valence-electron chi connectivity index (χ4n) is 5.34. The summed E-state index contributed by atoms with van der Waals surface area (Å²) in [6.07, 6.45) is 4.15. The Kier molecular flexibility index (Phi) is 11.0. The lowest BCUT2D eigenvalue weighted by Gasteiger charge is -2.37. The lowest BCUT2D eigenvalue weighted by Crippen LogP contribution is -2.48. The Morgan fingerprint density at radius 1 is 1.03 bits per heavy atom. The molecule has 1 aliphatic heterocycles. The lowest BCUT2D eigenvalue weighted by atomic mass is 9.87. The van der Waals surface area contributed by atoms with E-state index in [1.165, 1.54) is 11.1 Å². The van der Waals surface area contributed by atoms with Crippen molar-refractivity contribution in [2.45, 2.75) is 91.6 Å². The Bertz CT molecular complexity index is 1070. The first kappa shape index (κ1) is 30.7. The van der Waals surface area contributed by atoms with Gasteiger partial charge in [0.25, 0.3) is 5.91 Å². The van der Waals surface area contributed by atoms with Crippen molar-refractivity contribution in [3.8, 4) is 0 Å². The van der Waals surface area contributed by atoms with Gasteiger partial charge in [0, 0.05) is 43.0 Å². The number of nitrogens with zero attached hydrogens (tertiary/aromatic N) is 2. The van der Waals surface area contributed by atoms with Crippen LogP contribution >= 0.6 is 0 Å². The maximum Gasteiger partial charge on any atom is 0.317 e. The molecule has 1 fully saturated rings. The van der Waals surface area contributed by atoms with Crippen LogP contribution in [0.25, 0.3) is 0 Å². The number of piperidine rings is 1. The molecule has 0 bridgehead atoms. The van der Waals surface area contributed by atoms with Gasteiger partial charge in [0.1, 0.15) is 0 Å². The third-order valence-corrected chi connectivity index (χ3v) is 7.67. The fraction of sp³-hybridized carbons (Fsp3) is 0.576. The van der Waals surface area contributed by atoms with Gasteiger partial charge >= 0.3 is 6.03 Å². The van der Waals surface area contributed by atoms with Gasteiger partial charge in [-0.15, -0.1) is 0 Å². The van der Waals surface area contributed by atoms with Crippen LogP contribution in [0, 0.1) is 5.92 Å². The highest BCUT2D eigenvalue weighted by Gasteiger charge is 2.26. The Hall–Kier alpha value is -2.86. The summed E-state index contributed by atoms with van der Waals surface area (Å²) in [5, 5.41) is 6.10. The summed E-state index contributed by atoms with van der Waals surface area (Å²) in [7, 11) is 0. The molecule has 0 radical (unpaired) electrons. The molecular weight excluding hydrogens is 484 g/mol. The molecule has 1 atom stereocenters. The van der Waals surface area contributed by atoms with E-state index in [2.05, 4.69) is 62.3 Å². The van der Waals surface area contributed by atoms with Crippen LogP contribution in [-0.2, 0) is 11.8 Å². The largest absolute Gasteiger partial charge is 0.336 e. The highest BCUT2D eigenvalue weighted by Crippen LogP contribution is 2.24. The molecular formula is C33H50N4O2. The second-order valence-corrected chi connectivity index (χ2v) is 12.6. The summed E-state index contributed by atoms with van der Waals surface area (Å²) in [6, 6.07) is 16.8. The molecule has 1 saturated heterocycles. The van der Waals surface area contributed by atoms with Crippen molar-refractivity contribution in [3.63, 3.8) is 0 Å². The van der Waals surface area contributed by atoms with Gasteiger partial charge in [-0.2, -0.15) is 0 Å². The molecule has 0 aromatic heterocycles. The van der Waals surface area contributed by atoms with Crippen LogP contribution in [0.4, 0.5) is 10.5 Å². The van der Waals surface area contributed by atoms with Gasteiger partial charge in [-0.05, 0) is 99.7 Å². The molecule has 0 aliphatic carbocycles. The minimum Gasteiger partial charge on any atom is -0.336 e. The van der Waals surface area contributed by atoms with Crippen LogP contribution in [0.1, 0.15) is 89.2 Å². The molecule has 2 aromatic carbocycles. The summed E-state index contributed by atoms with van der Waals surface area (Å²) >= 11 is 0. The van der Waals surface area contributed by atoms with Crippen molar-refractivity contribution in [3.05, 3.63) is 65.2 Å². The minimum atomic E-state index is -0.0818. The number of benzene rings is 2. The van der Waals surface area contributed by atoms with Crippen LogP contribution in [0.15, 0.2) is 48.5 Å².